The van der Waals surface area contributed by atoms with Crippen molar-refractivity contribution in [1.29, 1.82) is 0 Å². The van der Waals surface area contributed by atoms with E-state index >= 15 is 0 Å². The first-order valence-electron chi connectivity index (χ1n) is 8.49. The minimum Gasteiger partial charge on any atom is -0.317 e. The van der Waals surface area contributed by atoms with Crippen LogP contribution in [0, 0.1) is 0 Å². The Morgan fingerprint density at radius 2 is 1.42 bits per heavy atom. The molecule has 1 fully saturated rings. The van der Waals surface area contributed by atoms with Gasteiger partial charge in [0.1, 0.15) is 5.71 Å². The Kier molecular flexibility index (Phi) is 5.61. The molecule has 0 aromatic heterocycles. The van der Waals surface area contributed by atoms with E-state index < -0.39 is 6.09 Å². The zero-order valence-corrected chi connectivity index (χ0v) is 13.7. The van der Waals surface area contributed by atoms with Gasteiger partial charge in [0, 0.05) is 17.2 Å². The van der Waals surface area contributed by atoms with Crippen LogP contribution in [0.5, 0.6) is 0 Å². The summed E-state index contributed by atoms with van der Waals surface area (Å²) in [6.45, 7) is 0. The van der Waals surface area contributed by atoms with Crippen LogP contribution in [0.2, 0.25) is 0 Å². The van der Waals surface area contributed by atoms with E-state index in [0.717, 1.165) is 36.8 Å². The molecule has 1 aliphatic carbocycles. The molecule has 0 bridgehead atoms. The van der Waals surface area contributed by atoms with Gasteiger partial charge in [-0.2, -0.15) is 0 Å². The lowest BCUT2D eigenvalue weighted by atomic mass is 9.96. The second-order valence-corrected chi connectivity index (χ2v) is 6.03. The highest BCUT2D eigenvalue weighted by Gasteiger charge is 2.17. The van der Waals surface area contributed by atoms with Gasteiger partial charge in [0.05, 0.1) is 0 Å². The molecular formula is C20H22N2O2. The fourth-order valence-corrected chi connectivity index (χ4v) is 2.99. The van der Waals surface area contributed by atoms with Gasteiger partial charge in [0.25, 0.3) is 0 Å². The summed E-state index contributed by atoms with van der Waals surface area (Å²) in [5.74, 6) is 0. The monoisotopic (exact) mass is 322 g/mol. The van der Waals surface area contributed by atoms with Crippen molar-refractivity contribution in [3.8, 4) is 0 Å². The van der Waals surface area contributed by atoms with Gasteiger partial charge in [-0.05, 0) is 12.8 Å². The number of nitrogens with zero attached hydrogens (tertiary/aromatic N) is 1. The van der Waals surface area contributed by atoms with Crippen LogP contribution in [0.15, 0.2) is 65.8 Å². The van der Waals surface area contributed by atoms with Gasteiger partial charge in [0.15, 0.2) is 0 Å². The summed E-state index contributed by atoms with van der Waals surface area (Å²) < 4.78 is 0. The molecule has 0 saturated heterocycles. The third-order valence-electron chi connectivity index (χ3n) is 4.24. The van der Waals surface area contributed by atoms with E-state index in [0.29, 0.717) is 5.71 Å². The average Bonchev–Trinajstić information content (AvgIpc) is 2.64. The molecule has 124 valence electrons. The van der Waals surface area contributed by atoms with Crippen LogP contribution in [0.3, 0.4) is 0 Å². The van der Waals surface area contributed by atoms with Crippen molar-refractivity contribution in [1.82, 2.24) is 5.32 Å². The first-order chi connectivity index (χ1) is 11.8. The van der Waals surface area contributed by atoms with Crippen LogP contribution in [-0.4, -0.2) is 17.8 Å². The number of rotatable bonds is 4. The van der Waals surface area contributed by atoms with Gasteiger partial charge >= 0.3 is 6.09 Å². The number of carbonyl (C=O) groups is 1. The quantitative estimate of drug-likeness (QED) is 0.512. The predicted molar refractivity (Wildman–Crippen MR) is 95.0 cm³/mol. The second-order valence-electron chi connectivity index (χ2n) is 6.03. The molecule has 3 rings (SSSR count). The van der Waals surface area contributed by atoms with Crippen molar-refractivity contribution in [2.24, 2.45) is 5.16 Å². The van der Waals surface area contributed by atoms with Gasteiger partial charge < -0.3 is 5.32 Å². The van der Waals surface area contributed by atoms with Gasteiger partial charge in [-0.3, -0.25) is 4.84 Å². The van der Waals surface area contributed by atoms with Crippen LogP contribution < -0.4 is 5.32 Å². The molecule has 0 aliphatic heterocycles. The van der Waals surface area contributed by atoms with Crippen molar-refractivity contribution in [3.05, 3.63) is 71.8 Å². The second kappa shape index (κ2) is 8.29. The van der Waals surface area contributed by atoms with E-state index in [4.69, 9.17) is 4.84 Å². The van der Waals surface area contributed by atoms with Crippen LogP contribution in [0.1, 0.15) is 43.2 Å². The molecule has 1 saturated carbocycles. The number of carbonyl (C=O) groups excluding carboxylic acids is 1. The number of benzene rings is 2. The van der Waals surface area contributed by atoms with Gasteiger partial charge in [-0.25, -0.2) is 4.79 Å². The molecule has 0 atom stereocenters. The van der Waals surface area contributed by atoms with Crippen molar-refractivity contribution in [2.75, 3.05) is 0 Å². The normalized spacial score (nSPS) is 14.7. The van der Waals surface area contributed by atoms with Crippen molar-refractivity contribution in [3.63, 3.8) is 0 Å². The first kappa shape index (κ1) is 16.2. The summed E-state index contributed by atoms with van der Waals surface area (Å²) >= 11 is 0. The summed E-state index contributed by atoms with van der Waals surface area (Å²) in [7, 11) is 0. The lowest BCUT2D eigenvalue weighted by Gasteiger charge is -2.21. The molecule has 24 heavy (non-hydrogen) atoms. The third-order valence-corrected chi connectivity index (χ3v) is 4.24. The molecule has 0 radical (unpaired) electrons. The maximum absolute atomic E-state index is 12.0. The molecule has 1 amide bonds. The zero-order chi connectivity index (χ0) is 16.6. The highest BCUT2D eigenvalue weighted by atomic mass is 16.7. The lowest BCUT2D eigenvalue weighted by molar-refractivity contribution is 0.143. The molecule has 0 unspecified atom stereocenters. The Balaban J connectivity index is 1.73. The fourth-order valence-electron chi connectivity index (χ4n) is 2.99. The first-order valence-corrected chi connectivity index (χ1v) is 8.49. The summed E-state index contributed by atoms with van der Waals surface area (Å²) in [5, 5.41) is 7.04. The average molecular weight is 322 g/mol. The van der Waals surface area contributed by atoms with E-state index in [-0.39, 0.29) is 6.04 Å². The van der Waals surface area contributed by atoms with E-state index in [9.17, 15) is 4.79 Å². The summed E-state index contributed by atoms with van der Waals surface area (Å²) in [4.78, 5) is 17.2. The predicted octanol–water partition coefficient (Wildman–Crippen LogP) is 4.50. The lowest BCUT2D eigenvalue weighted by Crippen LogP contribution is -2.36. The van der Waals surface area contributed by atoms with Crippen molar-refractivity contribution >= 4 is 11.8 Å². The minimum atomic E-state index is -0.480. The Morgan fingerprint density at radius 1 is 0.875 bits per heavy atom. The van der Waals surface area contributed by atoms with Gasteiger partial charge in [-0.1, -0.05) is 85.1 Å². The van der Waals surface area contributed by atoms with Crippen LogP contribution >= 0.6 is 0 Å². The number of nitrogens with one attached hydrogen (secondary N) is 1. The van der Waals surface area contributed by atoms with Crippen molar-refractivity contribution < 1.29 is 9.63 Å². The summed E-state index contributed by atoms with van der Waals surface area (Å²) in [5.41, 5.74) is 2.47. The van der Waals surface area contributed by atoms with Gasteiger partial charge in [-0.15, -0.1) is 0 Å². The van der Waals surface area contributed by atoms with E-state index in [1.165, 1.54) is 6.42 Å². The Hall–Kier alpha value is -2.62. The van der Waals surface area contributed by atoms with Crippen LogP contribution in [0.4, 0.5) is 4.79 Å². The molecule has 0 spiro atoms. The molecule has 4 heteroatoms. The standard InChI is InChI=1S/C20H22N2O2/c23-20(21-18-14-8-3-9-15-18)24-22-19(16-10-4-1-5-11-16)17-12-6-2-7-13-17/h1-2,4-7,10-13,18H,3,8-9,14-15H2,(H,21,23). The number of oxime groups is 1. The Labute approximate surface area is 142 Å². The molecule has 1 aliphatic rings. The largest absolute Gasteiger partial charge is 0.433 e. The smallest absolute Gasteiger partial charge is 0.317 e. The SMILES string of the molecule is O=C(NC1CCCCC1)ON=C(c1ccccc1)c1ccccc1. The molecule has 2 aromatic carbocycles. The maximum atomic E-state index is 12.0. The van der Waals surface area contributed by atoms with E-state index in [1.807, 2.05) is 60.7 Å². The zero-order valence-electron chi connectivity index (χ0n) is 13.7. The molecular weight excluding hydrogens is 300 g/mol. The summed E-state index contributed by atoms with van der Waals surface area (Å²) in [6, 6.07) is 19.7. The number of hydrogen-bond acceptors (Lipinski definition) is 3. The van der Waals surface area contributed by atoms with Crippen molar-refractivity contribution in [2.45, 2.75) is 38.1 Å². The number of amides is 1. The third kappa shape index (κ3) is 4.44. The summed E-state index contributed by atoms with van der Waals surface area (Å²) in [6.07, 6.45) is 5.12. The van der Waals surface area contributed by atoms with E-state index in [1.54, 1.807) is 0 Å². The molecule has 1 N–H and O–H groups in total. The highest BCUT2D eigenvalue weighted by Crippen LogP contribution is 2.17. The maximum Gasteiger partial charge on any atom is 0.433 e. The molecule has 2 aromatic rings. The van der Waals surface area contributed by atoms with Crippen LogP contribution in [-0.2, 0) is 4.84 Å². The van der Waals surface area contributed by atoms with E-state index in [2.05, 4.69) is 10.5 Å². The molecule has 0 heterocycles. The van der Waals surface area contributed by atoms with Gasteiger partial charge in [0.2, 0.25) is 0 Å². The fraction of sp³-hybridized carbons (Fsp3) is 0.300. The Morgan fingerprint density at radius 3 is 1.96 bits per heavy atom. The highest BCUT2D eigenvalue weighted by molar-refractivity contribution is 6.12. The van der Waals surface area contributed by atoms with Crippen LogP contribution in [0.25, 0.3) is 0 Å². The topological polar surface area (TPSA) is 50.7 Å². The Bertz CT molecular complexity index is 636. The minimum absolute atomic E-state index is 0.207. The molecule has 4 nitrogen and oxygen atoms in total. The number of hydrogen-bond donors (Lipinski definition) is 1.